The molecule has 0 N–H and O–H groups in total. The molecule has 0 saturated heterocycles. The van der Waals surface area contributed by atoms with Crippen molar-refractivity contribution >= 4 is 28.5 Å². The molecule has 1 aromatic carbocycles. The van der Waals surface area contributed by atoms with Gasteiger partial charge in [0.2, 0.25) is 0 Å². The number of imidazole rings is 1. The zero-order chi connectivity index (χ0) is 18.3. The fourth-order valence-corrected chi connectivity index (χ4v) is 3.97. The zero-order valence-electron chi connectivity index (χ0n) is 15.0. The van der Waals surface area contributed by atoms with Gasteiger partial charge in [-0.3, -0.25) is 14.0 Å². The first-order chi connectivity index (χ1) is 11.8. The van der Waals surface area contributed by atoms with Crippen molar-refractivity contribution in [3.63, 3.8) is 0 Å². The van der Waals surface area contributed by atoms with E-state index in [1.165, 1.54) is 21.8 Å². The molecule has 0 atom stereocenters. The molecule has 0 spiro atoms. The Kier molecular flexibility index (Phi) is 4.47. The number of aryl methyl sites for hydroxylation is 1. The molecule has 0 aliphatic rings. The van der Waals surface area contributed by atoms with Crippen LogP contribution in [0.1, 0.15) is 51.2 Å². The minimum Gasteiger partial charge on any atom is -0.344 e. The van der Waals surface area contributed by atoms with Crippen LogP contribution in [0.25, 0.3) is 16.2 Å². The van der Waals surface area contributed by atoms with Crippen molar-refractivity contribution in [1.29, 1.82) is 0 Å². The fraction of sp³-hybridized carbons (Fsp3) is 0.316. The highest BCUT2D eigenvalue weighted by Gasteiger charge is 2.23. The number of carbonyl (C=O) groups excluding carboxylic acids is 2. The van der Waals surface area contributed by atoms with Gasteiger partial charge in [0.25, 0.3) is 5.91 Å². The van der Waals surface area contributed by atoms with Crippen LogP contribution in [0.5, 0.6) is 0 Å². The highest BCUT2D eigenvalue weighted by molar-refractivity contribution is 7.19. The molecular formula is C19H21N3O2S. The molecule has 0 aliphatic heterocycles. The lowest BCUT2D eigenvalue weighted by atomic mass is 10.0. The summed E-state index contributed by atoms with van der Waals surface area (Å²) in [7, 11) is 3.43. The maximum Gasteiger partial charge on any atom is 0.265 e. The van der Waals surface area contributed by atoms with Crippen molar-refractivity contribution in [2.24, 2.45) is 0 Å². The molecule has 0 unspecified atom stereocenters. The van der Waals surface area contributed by atoms with Gasteiger partial charge in [-0.25, -0.2) is 4.98 Å². The smallest absolute Gasteiger partial charge is 0.265 e. The van der Waals surface area contributed by atoms with E-state index in [9.17, 15) is 9.59 Å². The number of benzene rings is 1. The second-order valence-electron chi connectivity index (χ2n) is 6.57. The largest absolute Gasteiger partial charge is 0.344 e. The molecule has 0 bridgehead atoms. The molecule has 2 heterocycles. The topological polar surface area (TPSA) is 54.7 Å². The van der Waals surface area contributed by atoms with Crippen LogP contribution in [0.15, 0.2) is 24.3 Å². The molecule has 0 fully saturated rings. The Hall–Kier alpha value is -2.47. The number of amides is 1. The maximum absolute atomic E-state index is 12.3. The number of aldehydes is 1. The molecule has 1 amide bonds. The lowest BCUT2D eigenvalue weighted by molar-refractivity contribution is 0.0831. The van der Waals surface area contributed by atoms with Gasteiger partial charge >= 0.3 is 0 Å². The number of fused-ring (bicyclic) bond motifs is 1. The van der Waals surface area contributed by atoms with Gasteiger partial charge in [0.15, 0.2) is 11.2 Å². The number of nitrogens with zero attached hydrogens (tertiary/aromatic N) is 3. The normalized spacial score (nSPS) is 11.3. The Morgan fingerprint density at radius 1 is 1.24 bits per heavy atom. The van der Waals surface area contributed by atoms with Gasteiger partial charge in [-0.2, -0.15) is 0 Å². The van der Waals surface area contributed by atoms with Gasteiger partial charge in [-0.15, -0.1) is 0 Å². The molecule has 130 valence electrons. The van der Waals surface area contributed by atoms with Crippen LogP contribution < -0.4 is 0 Å². The van der Waals surface area contributed by atoms with Gasteiger partial charge in [-0.05, 0) is 18.4 Å². The second-order valence-corrected chi connectivity index (χ2v) is 7.55. The summed E-state index contributed by atoms with van der Waals surface area (Å²) in [4.78, 5) is 31.5. The second kappa shape index (κ2) is 6.44. The van der Waals surface area contributed by atoms with E-state index in [0.717, 1.165) is 17.5 Å². The van der Waals surface area contributed by atoms with E-state index < -0.39 is 0 Å². The van der Waals surface area contributed by atoms with Crippen molar-refractivity contribution in [2.45, 2.75) is 26.7 Å². The van der Waals surface area contributed by atoms with E-state index in [2.05, 4.69) is 31.0 Å². The van der Waals surface area contributed by atoms with E-state index in [-0.39, 0.29) is 5.91 Å². The van der Waals surface area contributed by atoms with Crippen LogP contribution in [0.2, 0.25) is 0 Å². The van der Waals surface area contributed by atoms with Crippen molar-refractivity contribution in [3.05, 3.63) is 46.1 Å². The molecule has 0 radical (unpaired) electrons. The van der Waals surface area contributed by atoms with Gasteiger partial charge < -0.3 is 4.90 Å². The Balaban J connectivity index is 2.15. The molecule has 3 rings (SSSR count). The van der Waals surface area contributed by atoms with Crippen molar-refractivity contribution in [2.75, 3.05) is 14.1 Å². The number of carbonyl (C=O) groups is 2. The fourth-order valence-electron chi connectivity index (χ4n) is 2.82. The summed E-state index contributed by atoms with van der Waals surface area (Å²) in [5.41, 5.74) is 4.04. The number of thiazole rings is 1. The van der Waals surface area contributed by atoms with E-state index >= 15 is 0 Å². The minimum absolute atomic E-state index is 0.0762. The molecule has 25 heavy (non-hydrogen) atoms. The Morgan fingerprint density at radius 2 is 1.88 bits per heavy atom. The summed E-state index contributed by atoms with van der Waals surface area (Å²) in [6.07, 6.45) is 0.815. The van der Waals surface area contributed by atoms with Crippen molar-refractivity contribution < 1.29 is 9.59 Å². The predicted molar refractivity (Wildman–Crippen MR) is 101 cm³/mol. The molecule has 0 saturated carbocycles. The van der Waals surface area contributed by atoms with Gasteiger partial charge in [0.1, 0.15) is 16.3 Å². The summed E-state index contributed by atoms with van der Waals surface area (Å²) >= 11 is 1.32. The number of aromatic nitrogens is 2. The van der Waals surface area contributed by atoms with Crippen LogP contribution in [0.4, 0.5) is 0 Å². The minimum atomic E-state index is -0.0762. The molecule has 0 aliphatic carbocycles. The average Bonchev–Trinajstić information content (AvgIpc) is 3.11. The SMILES string of the molecule is Cc1c(C(=O)N(C)C)sc2nc(-c3ccc(C(C)C)cc3)c(C=O)n12. The number of hydrogen-bond donors (Lipinski definition) is 0. The molecular weight excluding hydrogens is 334 g/mol. The molecule has 5 nitrogen and oxygen atoms in total. The highest BCUT2D eigenvalue weighted by Crippen LogP contribution is 2.31. The Morgan fingerprint density at radius 3 is 2.40 bits per heavy atom. The quantitative estimate of drug-likeness (QED) is 0.665. The molecule has 2 aromatic heterocycles. The van der Waals surface area contributed by atoms with E-state index in [1.807, 2.05) is 19.1 Å². The van der Waals surface area contributed by atoms with Gasteiger partial charge in [0, 0.05) is 25.4 Å². The summed E-state index contributed by atoms with van der Waals surface area (Å²) < 4.78 is 1.78. The van der Waals surface area contributed by atoms with Crippen LogP contribution in [-0.2, 0) is 0 Å². The van der Waals surface area contributed by atoms with Crippen molar-refractivity contribution in [3.8, 4) is 11.3 Å². The average molecular weight is 355 g/mol. The number of rotatable bonds is 4. The van der Waals surface area contributed by atoms with Crippen LogP contribution in [0, 0.1) is 6.92 Å². The lowest BCUT2D eigenvalue weighted by Crippen LogP contribution is -2.21. The van der Waals surface area contributed by atoms with Crippen LogP contribution in [0.3, 0.4) is 0 Å². The van der Waals surface area contributed by atoms with Crippen LogP contribution >= 0.6 is 11.3 Å². The first-order valence-corrected chi connectivity index (χ1v) is 8.95. The van der Waals surface area contributed by atoms with Crippen molar-refractivity contribution in [1.82, 2.24) is 14.3 Å². The first-order valence-electron chi connectivity index (χ1n) is 8.14. The van der Waals surface area contributed by atoms with E-state index in [0.29, 0.717) is 27.1 Å². The molecule has 6 heteroatoms. The first kappa shape index (κ1) is 17.4. The number of hydrogen-bond acceptors (Lipinski definition) is 4. The Labute approximate surface area is 150 Å². The van der Waals surface area contributed by atoms with E-state index in [1.54, 1.807) is 18.5 Å². The molecule has 3 aromatic rings. The van der Waals surface area contributed by atoms with Gasteiger partial charge in [0.05, 0.1) is 0 Å². The standard InChI is InChI=1S/C19H21N3O2S/c1-11(2)13-6-8-14(9-7-13)16-15(10-23)22-12(3)17(18(24)21(4)5)25-19(22)20-16/h6-11H,1-5H3. The van der Waals surface area contributed by atoms with Crippen LogP contribution in [-0.4, -0.2) is 40.6 Å². The lowest BCUT2D eigenvalue weighted by Gasteiger charge is -2.09. The van der Waals surface area contributed by atoms with Gasteiger partial charge in [-0.1, -0.05) is 49.4 Å². The third-order valence-corrected chi connectivity index (χ3v) is 5.43. The highest BCUT2D eigenvalue weighted by atomic mass is 32.1. The monoisotopic (exact) mass is 355 g/mol. The summed E-state index contributed by atoms with van der Waals surface area (Å²) in [5, 5.41) is 0. The third-order valence-electron chi connectivity index (χ3n) is 4.30. The Bertz CT molecular complexity index is 949. The summed E-state index contributed by atoms with van der Waals surface area (Å²) in [5.74, 6) is 0.375. The summed E-state index contributed by atoms with van der Waals surface area (Å²) in [6, 6.07) is 8.12. The maximum atomic E-state index is 12.3. The van der Waals surface area contributed by atoms with E-state index in [4.69, 9.17) is 0 Å². The predicted octanol–water partition coefficient (Wildman–Crippen LogP) is 4.01. The summed E-state index contributed by atoms with van der Waals surface area (Å²) in [6.45, 7) is 6.14. The third kappa shape index (κ3) is 2.87. The zero-order valence-corrected chi connectivity index (χ0v) is 15.8.